The molecule has 3 aromatic rings. The van der Waals surface area contributed by atoms with Crippen molar-refractivity contribution in [3.8, 4) is 22.2 Å². The largest absolute Gasteiger partial charge is 0.333 e. The van der Waals surface area contributed by atoms with Crippen molar-refractivity contribution in [1.29, 1.82) is 0 Å². The number of aryl methyl sites for hydroxylation is 1. The molecule has 0 radical (unpaired) electrons. The van der Waals surface area contributed by atoms with Gasteiger partial charge in [0.05, 0.1) is 4.88 Å². The second-order valence-electron chi connectivity index (χ2n) is 7.67. The summed E-state index contributed by atoms with van der Waals surface area (Å²) in [5.74, 6) is 1.17. The third-order valence-corrected chi connectivity index (χ3v) is 6.56. The van der Waals surface area contributed by atoms with E-state index in [0.717, 1.165) is 36.0 Å². The number of hydrogen-bond acceptors (Lipinski definition) is 5. The van der Waals surface area contributed by atoms with Crippen molar-refractivity contribution < 1.29 is 9.32 Å². The van der Waals surface area contributed by atoms with Gasteiger partial charge in [0.2, 0.25) is 5.82 Å². The first-order valence-corrected chi connectivity index (χ1v) is 9.85. The van der Waals surface area contributed by atoms with Gasteiger partial charge >= 0.3 is 0 Å². The molecule has 2 aromatic heterocycles. The minimum atomic E-state index is 0.357. The Hall–Kier alpha value is -2.27. The Balaban J connectivity index is 1.72. The smallest absolute Gasteiger partial charge is 0.268 e. The van der Waals surface area contributed by atoms with Gasteiger partial charge in [0, 0.05) is 16.0 Å². The Morgan fingerprint density at radius 1 is 1.23 bits per heavy atom. The standard InChI is InChI=1S/C21H22N2O2S/c1-4-17-16-11-21(2,3)10-9-15(16)18(26-17)20-22-19(23-25-20)14-7-5-13(12-24)6-8-14/h5-8,12H,4,9-11H2,1-3H3. The number of hydrogen-bond donors (Lipinski definition) is 0. The van der Waals surface area contributed by atoms with Crippen LogP contribution in [0.5, 0.6) is 0 Å². The SMILES string of the molecule is CCc1sc(-c2nc(-c3ccc(C=O)cc3)no2)c2c1CC(C)(C)CC2. The molecule has 2 heterocycles. The van der Waals surface area contributed by atoms with E-state index < -0.39 is 0 Å². The van der Waals surface area contributed by atoms with Crippen molar-refractivity contribution in [3.05, 3.63) is 45.8 Å². The van der Waals surface area contributed by atoms with Crippen LogP contribution in [0.3, 0.4) is 0 Å². The number of fused-ring (bicyclic) bond motifs is 1. The summed E-state index contributed by atoms with van der Waals surface area (Å²) in [6.07, 6.45) is 5.24. The van der Waals surface area contributed by atoms with Crippen LogP contribution in [-0.2, 0) is 19.3 Å². The average molecular weight is 366 g/mol. The lowest BCUT2D eigenvalue weighted by Crippen LogP contribution is -2.22. The van der Waals surface area contributed by atoms with Gasteiger partial charge in [-0.2, -0.15) is 4.98 Å². The fourth-order valence-corrected chi connectivity index (χ4v) is 4.88. The zero-order valence-electron chi connectivity index (χ0n) is 15.3. The van der Waals surface area contributed by atoms with Gasteiger partial charge in [-0.15, -0.1) is 11.3 Å². The van der Waals surface area contributed by atoms with E-state index in [9.17, 15) is 4.79 Å². The predicted molar refractivity (Wildman–Crippen MR) is 104 cm³/mol. The molecular formula is C21H22N2O2S. The molecule has 0 atom stereocenters. The number of rotatable bonds is 4. The molecule has 1 aromatic carbocycles. The fourth-order valence-electron chi connectivity index (χ4n) is 3.65. The van der Waals surface area contributed by atoms with Gasteiger partial charge in [-0.1, -0.05) is 50.2 Å². The van der Waals surface area contributed by atoms with Crippen molar-refractivity contribution in [3.63, 3.8) is 0 Å². The number of carbonyl (C=O) groups excluding carboxylic acids is 1. The van der Waals surface area contributed by atoms with Crippen LogP contribution < -0.4 is 0 Å². The maximum absolute atomic E-state index is 10.8. The summed E-state index contributed by atoms with van der Waals surface area (Å²) < 4.78 is 5.62. The monoisotopic (exact) mass is 366 g/mol. The van der Waals surface area contributed by atoms with E-state index in [0.29, 0.717) is 22.7 Å². The molecular weight excluding hydrogens is 344 g/mol. The first-order valence-electron chi connectivity index (χ1n) is 9.04. The number of aromatic nitrogens is 2. The second-order valence-corrected chi connectivity index (χ2v) is 8.77. The Morgan fingerprint density at radius 2 is 2.00 bits per heavy atom. The van der Waals surface area contributed by atoms with Crippen LogP contribution in [0.4, 0.5) is 0 Å². The Kier molecular flexibility index (Phi) is 4.27. The molecule has 0 N–H and O–H groups in total. The zero-order chi connectivity index (χ0) is 18.3. The summed E-state index contributed by atoms with van der Waals surface area (Å²) in [6, 6.07) is 7.23. The molecule has 0 saturated carbocycles. The van der Waals surface area contributed by atoms with Crippen LogP contribution in [0.1, 0.15) is 53.6 Å². The van der Waals surface area contributed by atoms with Gasteiger partial charge in [0.25, 0.3) is 5.89 Å². The van der Waals surface area contributed by atoms with E-state index in [1.54, 1.807) is 23.5 Å². The zero-order valence-corrected chi connectivity index (χ0v) is 16.2. The van der Waals surface area contributed by atoms with Gasteiger partial charge in [-0.05, 0) is 42.2 Å². The van der Waals surface area contributed by atoms with Gasteiger partial charge in [0.1, 0.15) is 6.29 Å². The number of thiophene rings is 1. The van der Waals surface area contributed by atoms with Crippen LogP contribution in [0.25, 0.3) is 22.2 Å². The van der Waals surface area contributed by atoms with Crippen molar-refractivity contribution in [2.75, 3.05) is 0 Å². The molecule has 0 unspecified atom stereocenters. The topological polar surface area (TPSA) is 56.0 Å². The maximum Gasteiger partial charge on any atom is 0.268 e. The summed E-state index contributed by atoms with van der Waals surface area (Å²) in [5, 5.41) is 4.16. The second kappa shape index (κ2) is 6.47. The first kappa shape index (κ1) is 17.2. The number of benzene rings is 1. The molecule has 134 valence electrons. The van der Waals surface area contributed by atoms with Crippen LogP contribution in [0.15, 0.2) is 28.8 Å². The molecule has 5 heteroatoms. The third kappa shape index (κ3) is 3.01. The van der Waals surface area contributed by atoms with E-state index in [1.807, 2.05) is 12.1 Å². The van der Waals surface area contributed by atoms with Crippen LogP contribution in [0.2, 0.25) is 0 Å². The summed E-state index contributed by atoms with van der Waals surface area (Å²) in [5.41, 5.74) is 4.75. The molecule has 0 saturated heterocycles. The van der Waals surface area contributed by atoms with Crippen molar-refractivity contribution in [2.45, 2.75) is 46.5 Å². The predicted octanol–water partition coefficient (Wildman–Crippen LogP) is 5.35. The Morgan fingerprint density at radius 3 is 2.69 bits per heavy atom. The van der Waals surface area contributed by atoms with E-state index in [2.05, 4.69) is 30.9 Å². The lowest BCUT2D eigenvalue weighted by Gasteiger charge is -2.30. The summed E-state index contributed by atoms with van der Waals surface area (Å²) in [6.45, 7) is 6.91. The molecule has 26 heavy (non-hydrogen) atoms. The Labute approximate surface area is 157 Å². The fraction of sp³-hybridized carbons (Fsp3) is 0.381. The highest BCUT2D eigenvalue weighted by atomic mass is 32.1. The molecule has 0 bridgehead atoms. The van der Waals surface area contributed by atoms with Gasteiger partial charge in [0.15, 0.2) is 0 Å². The van der Waals surface area contributed by atoms with E-state index in [4.69, 9.17) is 4.52 Å². The molecule has 0 spiro atoms. The minimum absolute atomic E-state index is 0.357. The molecule has 0 amide bonds. The van der Waals surface area contributed by atoms with E-state index in [-0.39, 0.29) is 0 Å². The highest BCUT2D eigenvalue weighted by molar-refractivity contribution is 7.15. The molecule has 1 aliphatic rings. The number of aldehydes is 1. The average Bonchev–Trinajstić information content (AvgIpc) is 3.25. The highest BCUT2D eigenvalue weighted by Crippen LogP contribution is 2.45. The Bertz CT molecular complexity index is 951. The molecule has 4 nitrogen and oxygen atoms in total. The van der Waals surface area contributed by atoms with Crippen molar-refractivity contribution in [2.24, 2.45) is 5.41 Å². The minimum Gasteiger partial charge on any atom is -0.333 e. The quantitative estimate of drug-likeness (QED) is 0.584. The summed E-state index contributed by atoms with van der Waals surface area (Å²) >= 11 is 1.80. The van der Waals surface area contributed by atoms with Gasteiger partial charge in [-0.25, -0.2) is 0 Å². The highest BCUT2D eigenvalue weighted by Gasteiger charge is 2.32. The molecule has 4 rings (SSSR count). The van der Waals surface area contributed by atoms with Gasteiger partial charge < -0.3 is 4.52 Å². The van der Waals surface area contributed by atoms with Crippen molar-refractivity contribution >= 4 is 17.6 Å². The van der Waals surface area contributed by atoms with Crippen LogP contribution >= 0.6 is 11.3 Å². The van der Waals surface area contributed by atoms with Crippen LogP contribution in [-0.4, -0.2) is 16.4 Å². The maximum atomic E-state index is 10.8. The number of carbonyl (C=O) groups is 1. The lowest BCUT2D eigenvalue weighted by atomic mass is 9.74. The van der Waals surface area contributed by atoms with Gasteiger partial charge in [-0.3, -0.25) is 4.79 Å². The molecule has 0 fully saturated rings. The summed E-state index contributed by atoms with van der Waals surface area (Å²) in [4.78, 5) is 18.0. The summed E-state index contributed by atoms with van der Waals surface area (Å²) in [7, 11) is 0. The van der Waals surface area contributed by atoms with E-state index in [1.165, 1.54) is 22.4 Å². The van der Waals surface area contributed by atoms with E-state index >= 15 is 0 Å². The molecule has 1 aliphatic carbocycles. The number of nitrogens with zero attached hydrogens (tertiary/aromatic N) is 2. The lowest BCUT2D eigenvalue weighted by molar-refractivity contribution is 0.112. The normalized spacial score (nSPS) is 15.7. The molecule has 0 aliphatic heterocycles. The van der Waals surface area contributed by atoms with Crippen LogP contribution in [0, 0.1) is 5.41 Å². The third-order valence-electron chi connectivity index (χ3n) is 5.15. The van der Waals surface area contributed by atoms with Crippen molar-refractivity contribution in [1.82, 2.24) is 10.1 Å². The first-order chi connectivity index (χ1) is 12.5.